The van der Waals surface area contributed by atoms with Crippen molar-refractivity contribution in [2.75, 3.05) is 31.4 Å². The molecule has 0 aliphatic carbocycles. The van der Waals surface area contributed by atoms with Crippen LogP contribution in [0.2, 0.25) is 0 Å². The van der Waals surface area contributed by atoms with Gasteiger partial charge in [-0.15, -0.1) is 0 Å². The van der Waals surface area contributed by atoms with Crippen LogP contribution in [0.4, 0.5) is 17.5 Å². The van der Waals surface area contributed by atoms with Crippen LogP contribution in [-0.4, -0.2) is 127 Å². The molecule has 3 atom stereocenters. The van der Waals surface area contributed by atoms with Crippen LogP contribution in [-0.2, 0) is 51.2 Å². The van der Waals surface area contributed by atoms with Crippen molar-refractivity contribution < 1.29 is 39.5 Å². The van der Waals surface area contributed by atoms with E-state index in [1.807, 2.05) is 107 Å². The molecule has 2 unspecified atom stereocenters. The number of fused-ring (bicyclic) bond motifs is 3. The number of benzene rings is 3. The summed E-state index contributed by atoms with van der Waals surface area (Å²) >= 11 is 0. The molecule has 3 N–H and O–H groups in total. The normalized spacial score (nSPS) is 12.6. The van der Waals surface area contributed by atoms with Crippen molar-refractivity contribution >= 4 is 80.6 Å². The van der Waals surface area contributed by atoms with E-state index in [2.05, 4.69) is 84.5 Å². The summed E-state index contributed by atoms with van der Waals surface area (Å²) in [5.74, 6) is 0.463. The number of anilines is 3. The average molecular weight is 1360 g/mol. The first-order valence-corrected chi connectivity index (χ1v) is 35.4. The van der Waals surface area contributed by atoms with Crippen LogP contribution in [0.3, 0.4) is 0 Å². The molecule has 498 valence electrons. The Morgan fingerprint density at radius 2 is 0.698 bits per heavy atom. The van der Waals surface area contributed by atoms with Gasteiger partial charge >= 0.3 is 0 Å². The molecule has 0 radical (unpaired) electrons. The molecule has 0 saturated carbocycles. The lowest BCUT2D eigenvalue weighted by atomic mass is 10.1. The average Bonchev–Trinajstić information content (AvgIpc) is 0.866. The van der Waals surface area contributed by atoms with Gasteiger partial charge in [0.15, 0.2) is 0 Å². The molecule has 0 aliphatic heterocycles. The van der Waals surface area contributed by atoms with Gasteiger partial charge in [0.25, 0.3) is 17.6 Å². The molecule has 96 heavy (non-hydrogen) atoms. The Morgan fingerprint density at radius 3 is 0.958 bits per heavy atom. The minimum Gasteiger partial charge on any atom is -0.467 e. The van der Waals surface area contributed by atoms with Crippen molar-refractivity contribution in [3.8, 4) is 51.7 Å². The number of hydrogen-bond acceptors (Lipinski definition) is 23. The molecule has 9 heterocycles. The van der Waals surface area contributed by atoms with Gasteiger partial charge in [-0.2, -0.15) is 35.1 Å². The smallest absolute Gasteiger partial charge is 0.259 e. The van der Waals surface area contributed by atoms with E-state index in [9.17, 15) is 25.3 Å². The Labute approximate surface area is 554 Å². The van der Waals surface area contributed by atoms with E-state index in [1.54, 1.807) is 113 Å². The predicted octanol–water partition coefficient (Wildman–Crippen LogP) is 9.94. The van der Waals surface area contributed by atoms with Gasteiger partial charge < -0.3 is 14.2 Å². The number of nitrogens with one attached hydrogen (secondary N) is 3. The molecule has 0 fully saturated rings. The zero-order chi connectivity index (χ0) is 68.2. The zero-order valence-electron chi connectivity index (χ0n) is 53.9. The van der Waals surface area contributed by atoms with E-state index in [0.717, 1.165) is 27.9 Å². The molecular formula is C64H70N20O9S3. The van der Waals surface area contributed by atoms with Crippen LogP contribution in [0.1, 0.15) is 95.8 Å². The van der Waals surface area contributed by atoms with Crippen molar-refractivity contribution in [1.29, 1.82) is 0 Å². The number of rotatable bonds is 24. The fraction of sp³-hybridized carbons (Fsp3) is 0.281. The van der Waals surface area contributed by atoms with Crippen LogP contribution in [0, 0.1) is 0 Å². The molecule has 12 rings (SSSR count). The highest BCUT2D eigenvalue weighted by Crippen LogP contribution is 2.33. The number of ether oxygens (including phenoxy) is 3. The number of aromatic nitrogens is 17. The third-order valence-electron chi connectivity index (χ3n) is 14.1. The largest absolute Gasteiger partial charge is 0.467 e. The number of aryl methyl sites for hydroxylation is 3. The fourth-order valence-electron chi connectivity index (χ4n) is 9.40. The lowest BCUT2D eigenvalue weighted by Gasteiger charge is -2.17. The standard InChI is InChI=1S/C22H24N6O3S.2C21H23N7O3S/c1-4-11-32(29,30)27-21-22(26-20-8-6-5-7-19(20)25-21)31-15(2)16-9-10-18(23-12-16)17-13-24-28(3)14-17;2*1-4-11-32(29,30)27-20-21(25-18-8-6-5-7-17(18)24-20)31-14(2)15-9-10-16(22-12-15)19-13-23-28(3)26-19/h5-10,12-15H,4,11H2,1-3H3,(H,25,27);2*5-10,12-14H,4,11H2,1-3H3,(H,24,27)/t;14-;/m.0./s1. The van der Waals surface area contributed by atoms with E-state index in [4.69, 9.17) is 14.2 Å². The molecule has 9 aromatic heterocycles. The number of nitrogens with zero attached hydrogens (tertiary/aromatic N) is 17. The molecule has 0 bridgehead atoms. The summed E-state index contributed by atoms with van der Waals surface area (Å²) in [7, 11) is -5.37. The van der Waals surface area contributed by atoms with Crippen molar-refractivity contribution in [2.24, 2.45) is 21.1 Å². The molecule has 0 saturated heterocycles. The van der Waals surface area contributed by atoms with Crippen LogP contribution < -0.4 is 28.4 Å². The van der Waals surface area contributed by atoms with Crippen molar-refractivity contribution in [2.45, 2.75) is 79.1 Å². The molecular weight excluding hydrogens is 1290 g/mol. The summed E-state index contributed by atoms with van der Waals surface area (Å²) in [6, 6.07) is 32.9. The molecule has 0 aliphatic rings. The first-order chi connectivity index (χ1) is 46.0. The van der Waals surface area contributed by atoms with Crippen LogP contribution >= 0.6 is 0 Å². The molecule has 0 amide bonds. The van der Waals surface area contributed by atoms with Gasteiger partial charge in [-0.05, 0) is 94.6 Å². The molecule has 32 heteroatoms. The second-order valence-electron chi connectivity index (χ2n) is 21.9. The zero-order valence-corrected chi connectivity index (χ0v) is 56.4. The van der Waals surface area contributed by atoms with Crippen LogP contribution in [0.25, 0.3) is 67.1 Å². The summed E-state index contributed by atoms with van der Waals surface area (Å²) in [4.78, 5) is 43.1. The first-order valence-electron chi connectivity index (χ1n) is 30.5. The number of para-hydroxylation sites is 6. The minimum atomic E-state index is -3.57. The maximum Gasteiger partial charge on any atom is 0.259 e. The van der Waals surface area contributed by atoms with Crippen molar-refractivity contribution in [1.82, 2.24) is 84.6 Å². The Hall–Kier alpha value is -10.7. The monoisotopic (exact) mass is 1360 g/mol. The van der Waals surface area contributed by atoms with E-state index in [1.165, 1.54) is 9.59 Å². The van der Waals surface area contributed by atoms with Crippen LogP contribution in [0.15, 0.2) is 153 Å². The lowest BCUT2D eigenvalue weighted by Crippen LogP contribution is -2.18. The molecule has 3 aromatic carbocycles. The van der Waals surface area contributed by atoms with E-state index in [0.29, 0.717) is 75.1 Å². The van der Waals surface area contributed by atoms with E-state index in [-0.39, 0.29) is 52.4 Å². The van der Waals surface area contributed by atoms with Crippen molar-refractivity contribution in [3.63, 3.8) is 0 Å². The lowest BCUT2D eigenvalue weighted by molar-refractivity contribution is 0.218. The third kappa shape index (κ3) is 17.7. The molecule has 0 spiro atoms. The summed E-state index contributed by atoms with van der Waals surface area (Å²) in [6.45, 7) is 10.9. The Balaban J connectivity index is 0.000000157. The second kappa shape index (κ2) is 30.1. The van der Waals surface area contributed by atoms with Gasteiger partial charge in [0, 0.05) is 68.2 Å². The predicted molar refractivity (Wildman–Crippen MR) is 364 cm³/mol. The highest BCUT2D eigenvalue weighted by Gasteiger charge is 2.24. The van der Waals surface area contributed by atoms with E-state index >= 15 is 0 Å². The number of pyridine rings is 3. The quantitative estimate of drug-likeness (QED) is 0.0506. The van der Waals surface area contributed by atoms with Gasteiger partial charge in [-0.3, -0.25) is 33.8 Å². The first kappa shape index (κ1) is 68.1. The minimum absolute atomic E-state index is 0.0176. The maximum absolute atomic E-state index is 12.4. The summed E-state index contributed by atoms with van der Waals surface area (Å²) < 4.78 is 102. The van der Waals surface area contributed by atoms with Gasteiger partial charge in [0.1, 0.15) is 29.7 Å². The van der Waals surface area contributed by atoms with Gasteiger partial charge in [-0.1, -0.05) is 75.4 Å². The maximum atomic E-state index is 12.4. The SMILES string of the molecule is CCCS(=O)(=O)Nc1nc2ccccc2nc1OC(C)c1ccc(-c2cnn(C)c2)nc1.CCCS(=O)(=O)Nc1nc2ccccc2nc1OC(C)c1ccc(-c2cnn(C)n2)nc1.CCCS(=O)(=O)Nc1nc2ccccc2nc1O[C@@H](C)c1ccc(-c2cnn(C)n2)nc1. The molecule has 29 nitrogen and oxygen atoms in total. The topological polar surface area (TPSA) is 361 Å². The Kier molecular flexibility index (Phi) is 21.4. The van der Waals surface area contributed by atoms with Gasteiger partial charge in [0.05, 0.1) is 86.0 Å². The summed E-state index contributed by atoms with van der Waals surface area (Å²) in [6.07, 6.45) is 12.1. The second-order valence-corrected chi connectivity index (χ2v) is 27.4. The highest BCUT2D eigenvalue weighted by molar-refractivity contribution is 7.93. The Bertz CT molecular complexity index is 4510. The number of hydrogen-bond donors (Lipinski definition) is 3. The Morgan fingerprint density at radius 1 is 0.385 bits per heavy atom. The van der Waals surface area contributed by atoms with Crippen molar-refractivity contribution in [3.05, 3.63) is 169 Å². The summed E-state index contributed by atoms with van der Waals surface area (Å²) in [5.41, 5.74) is 10.3. The summed E-state index contributed by atoms with van der Waals surface area (Å²) in [5, 5.41) is 20.8. The van der Waals surface area contributed by atoms with Gasteiger partial charge in [0.2, 0.25) is 47.5 Å². The third-order valence-corrected chi connectivity index (χ3v) is 18.5. The molecule has 12 aromatic rings. The van der Waals surface area contributed by atoms with E-state index < -0.39 is 48.4 Å². The fourth-order valence-corrected chi connectivity index (χ4v) is 12.6. The number of sulfonamides is 3. The van der Waals surface area contributed by atoms with Crippen LogP contribution in [0.5, 0.6) is 17.6 Å². The van der Waals surface area contributed by atoms with Gasteiger partial charge in [-0.25, -0.2) is 55.2 Å². The highest BCUT2D eigenvalue weighted by atomic mass is 32.2.